The highest BCUT2D eigenvalue weighted by Crippen LogP contribution is 2.27. The molecule has 3 rings (SSSR count). The van der Waals surface area contributed by atoms with Crippen LogP contribution in [0, 0.1) is 39.0 Å². The van der Waals surface area contributed by atoms with Gasteiger partial charge >= 0.3 is 0 Å². The van der Waals surface area contributed by atoms with Crippen LogP contribution >= 0.6 is 11.6 Å². The molecular weight excluding hydrogens is 420 g/mol. The predicted molar refractivity (Wildman–Crippen MR) is 130 cm³/mol. The summed E-state index contributed by atoms with van der Waals surface area (Å²) in [5.41, 5.74) is 6.44. The van der Waals surface area contributed by atoms with Gasteiger partial charge in [0.2, 0.25) is 0 Å². The molecule has 0 radical (unpaired) electrons. The van der Waals surface area contributed by atoms with Gasteiger partial charge in [-0.1, -0.05) is 35.9 Å². The summed E-state index contributed by atoms with van der Waals surface area (Å²) in [7, 11) is 0. The van der Waals surface area contributed by atoms with Crippen molar-refractivity contribution in [1.82, 2.24) is 0 Å². The SMILES string of the molecule is Cc1cccc(NC(=O)/C(C#N)=C/c2cc(C)c(OCc3ccc(Cl)cc3)c(C)c2)c1C. The number of benzene rings is 3. The van der Waals surface area contributed by atoms with Crippen molar-refractivity contribution in [3.05, 3.63) is 98.6 Å². The van der Waals surface area contributed by atoms with Crippen LogP contribution in [0.2, 0.25) is 5.02 Å². The fourth-order valence-electron chi connectivity index (χ4n) is 3.42. The van der Waals surface area contributed by atoms with Gasteiger partial charge in [0.1, 0.15) is 24.0 Å². The van der Waals surface area contributed by atoms with E-state index in [9.17, 15) is 10.1 Å². The molecule has 0 atom stereocenters. The molecule has 0 fully saturated rings. The molecule has 3 aromatic rings. The van der Waals surface area contributed by atoms with Crippen LogP contribution in [0.4, 0.5) is 5.69 Å². The molecule has 1 N–H and O–H groups in total. The molecule has 0 bridgehead atoms. The van der Waals surface area contributed by atoms with Gasteiger partial charge in [-0.25, -0.2) is 0 Å². The molecule has 0 heterocycles. The number of hydrogen-bond acceptors (Lipinski definition) is 3. The minimum atomic E-state index is -0.431. The molecule has 0 aromatic heterocycles. The normalized spacial score (nSPS) is 11.1. The Bertz CT molecular complexity index is 1200. The summed E-state index contributed by atoms with van der Waals surface area (Å²) in [5, 5.41) is 13.1. The summed E-state index contributed by atoms with van der Waals surface area (Å²) in [6.07, 6.45) is 1.60. The summed E-state index contributed by atoms with van der Waals surface area (Å²) in [6, 6.07) is 19.0. The van der Waals surface area contributed by atoms with Crippen molar-refractivity contribution in [2.75, 3.05) is 5.32 Å². The number of aryl methyl sites for hydroxylation is 3. The van der Waals surface area contributed by atoms with E-state index in [1.807, 2.05) is 88.4 Å². The second-order valence-electron chi connectivity index (χ2n) is 7.77. The summed E-state index contributed by atoms with van der Waals surface area (Å²) in [6.45, 7) is 8.24. The van der Waals surface area contributed by atoms with Gasteiger partial charge < -0.3 is 10.1 Å². The Morgan fingerprint density at radius 2 is 1.69 bits per heavy atom. The number of carbonyl (C=O) groups is 1. The fourth-order valence-corrected chi connectivity index (χ4v) is 3.55. The van der Waals surface area contributed by atoms with E-state index in [-0.39, 0.29) is 5.57 Å². The van der Waals surface area contributed by atoms with Crippen molar-refractivity contribution < 1.29 is 9.53 Å². The Morgan fingerprint density at radius 1 is 1.03 bits per heavy atom. The van der Waals surface area contributed by atoms with E-state index in [2.05, 4.69) is 5.32 Å². The first-order chi connectivity index (χ1) is 15.3. The van der Waals surface area contributed by atoms with Crippen molar-refractivity contribution in [2.24, 2.45) is 0 Å². The average molecular weight is 445 g/mol. The molecule has 0 aliphatic rings. The molecular formula is C27H25ClN2O2. The maximum atomic E-state index is 12.7. The first kappa shape index (κ1) is 23.1. The van der Waals surface area contributed by atoms with Crippen LogP contribution < -0.4 is 10.1 Å². The van der Waals surface area contributed by atoms with E-state index in [0.717, 1.165) is 39.1 Å². The lowest BCUT2D eigenvalue weighted by molar-refractivity contribution is -0.112. The number of nitriles is 1. The third kappa shape index (κ3) is 5.57. The minimum Gasteiger partial charge on any atom is -0.488 e. The van der Waals surface area contributed by atoms with Crippen molar-refractivity contribution in [1.29, 1.82) is 5.26 Å². The monoisotopic (exact) mass is 444 g/mol. The van der Waals surface area contributed by atoms with E-state index < -0.39 is 5.91 Å². The van der Waals surface area contributed by atoms with E-state index in [4.69, 9.17) is 16.3 Å². The van der Waals surface area contributed by atoms with E-state index in [1.54, 1.807) is 6.08 Å². The maximum Gasteiger partial charge on any atom is 0.266 e. The van der Waals surface area contributed by atoms with Crippen LogP contribution in [-0.2, 0) is 11.4 Å². The molecule has 0 unspecified atom stereocenters. The zero-order valence-corrected chi connectivity index (χ0v) is 19.4. The number of halogens is 1. The second kappa shape index (κ2) is 10.2. The van der Waals surface area contributed by atoms with E-state index in [0.29, 0.717) is 17.3 Å². The van der Waals surface area contributed by atoms with Gasteiger partial charge in [0.25, 0.3) is 5.91 Å². The lowest BCUT2D eigenvalue weighted by Gasteiger charge is -2.14. The number of amides is 1. The Labute approximate surface area is 194 Å². The molecule has 0 saturated heterocycles. The molecule has 32 heavy (non-hydrogen) atoms. The summed E-state index contributed by atoms with van der Waals surface area (Å²) in [4.78, 5) is 12.7. The highest BCUT2D eigenvalue weighted by Gasteiger charge is 2.13. The van der Waals surface area contributed by atoms with Gasteiger partial charge in [-0.05, 0) is 97.5 Å². The third-order valence-corrected chi connectivity index (χ3v) is 5.56. The summed E-state index contributed by atoms with van der Waals surface area (Å²) >= 11 is 5.93. The zero-order valence-electron chi connectivity index (χ0n) is 18.6. The van der Waals surface area contributed by atoms with Crippen molar-refractivity contribution >= 4 is 29.3 Å². The highest BCUT2D eigenvalue weighted by atomic mass is 35.5. The standard InChI is InChI=1S/C27H25ClN2O2/c1-17-6-5-7-25(20(17)4)30-27(31)23(15-29)14-22-12-18(2)26(19(3)13-22)32-16-21-8-10-24(28)11-9-21/h5-14H,16H2,1-4H3,(H,30,31)/b23-14+. The second-order valence-corrected chi connectivity index (χ2v) is 8.21. The van der Waals surface area contributed by atoms with E-state index in [1.165, 1.54) is 0 Å². The number of nitrogens with one attached hydrogen (secondary N) is 1. The lowest BCUT2D eigenvalue weighted by atomic mass is 10.0. The first-order valence-corrected chi connectivity index (χ1v) is 10.6. The third-order valence-electron chi connectivity index (χ3n) is 5.31. The number of nitrogens with zero attached hydrogens (tertiary/aromatic N) is 1. The fraction of sp³-hybridized carbons (Fsp3) is 0.185. The number of hydrogen-bond donors (Lipinski definition) is 1. The molecule has 4 nitrogen and oxygen atoms in total. The van der Waals surface area contributed by atoms with Crippen LogP contribution in [0.1, 0.15) is 33.4 Å². The smallest absolute Gasteiger partial charge is 0.266 e. The quantitative estimate of drug-likeness (QED) is 0.340. The van der Waals surface area contributed by atoms with Crippen molar-refractivity contribution in [2.45, 2.75) is 34.3 Å². The summed E-state index contributed by atoms with van der Waals surface area (Å²) < 4.78 is 6.02. The van der Waals surface area contributed by atoms with Gasteiger partial charge in [-0.15, -0.1) is 0 Å². The molecule has 1 amide bonds. The van der Waals surface area contributed by atoms with Gasteiger partial charge in [0.15, 0.2) is 0 Å². The van der Waals surface area contributed by atoms with Gasteiger partial charge in [-0.2, -0.15) is 5.26 Å². The Morgan fingerprint density at radius 3 is 2.31 bits per heavy atom. The van der Waals surface area contributed by atoms with Crippen LogP contribution in [0.15, 0.2) is 60.2 Å². The average Bonchev–Trinajstić information content (AvgIpc) is 2.76. The Kier molecular flexibility index (Phi) is 7.35. The van der Waals surface area contributed by atoms with Crippen LogP contribution in [0.25, 0.3) is 6.08 Å². The van der Waals surface area contributed by atoms with Crippen molar-refractivity contribution in [3.8, 4) is 11.8 Å². The number of ether oxygens (including phenoxy) is 1. The van der Waals surface area contributed by atoms with Crippen LogP contribution in [0.5, 0.6) is 5.75 Å². The molecule has 3 aromatic carbocycles. The predicted octanol–water partition coefficient (Wildman–Crippen LogP) is 6.70. The first-order valence-electron chi connectivity index (χ1n) is 10.3. The van der Waals surface area contributed by atoms with Gasteiger partial charge in [0, 0.05) is 10.7 Å². The molecule has 162 valence electrons. The van der Waals surface area contributed by atoms with Crippen LogP contribution in [0.3, 0.4) is 0 Å². The number of anilines is 1. The maximum absolute atomic E-state index is 12.7. The van der Waals surface area contributed by atoms with Crippen LogP contribution in [-0.4, -0.2) is 5.91 Å². The zero-order chi connectivity index (χ0) is 23.3. The number of carbonyl (C=O) groups excluding carboxylic acids is 1. The topological polar surface area (TPSA) is 62.1 Å². The molecule has 5 heteroatoms. The summed E-state index contributed by atoms with van der Waals surface area (Å²) in [5.74, 6) is 0.356. The van der Waals surface area contributed by atoms with Gasteiger partial charge in [-0.3, -0.25) is 4.79 Å². The van der Waals surface area contributed by atoms with Crippen molar-refractivity contribution in [3.63, 3.8) is 0 Å². The molecule has 0 saturated carbocycles. The van der Waals surface area contributed by atoms with E-state index >= 15 is 0 Å². The highest BCUT2D eigenvalue weighted by molar-refractivity contribution is 6.30. The largest absolute Gasteiger partial charge is 0.488 e. The Hall–Kier alpha value is -3.55. The Balaban J connectivity index is 1.78. The molecule has 0 aliphatic carbocycles. The van der Waals surface area contributed by atoms with Gasteiger partial charge in [0.05, 0.1) is 0 Å². The molecule has 0 aliphatic heterocycles. The lowest BCUT2D eigenvalue weighted by Crippen LogP contribution is -2.14. The molecule has 0 spiro atoms. The number of rotatable bonds is 6. The minimum absolute atomic E-state index is 0.0412.